The van der Waals surface area contributed by atoms with Crippen LogP contribution in [0.1, 0.15) is 39.0 Å². The average Bonchev–Trinajstić information content (AvgIpc) is 2.39. The summed E-state index contributed by atoms with van der Waals surface area (Å²) in [5.74, 6) is -0.497. The maximum absolute atomic E-state index is 11.5. The van der Waals surface area contributed by atoms with E-state index in [0.29, 0.717) is 12.8 Å². The van der Waals surface area contributed by atoms with Crippen LogP contribution in [-0.4, -0.2) is 60.5 Å². The second-order valence-corrected chi connectivity index (χ2v) is 5.67. The third-order valence-corrected chi connectivity index (χ3v) is 4.31. The van der Waals surface area contributed by atoms with E-state index >= 15 is 0 Å². The van der Waals surface area contributed by atoms with E-state index in [1.807, 2.05) is 6.92 Å². The monoisotopic (exact) mass is 270 g/mol. The highest BCUT2D eigenvalue weighted by molar-refractivity contribution is 5.75. The number of likely N-dealkylation sites (tertiary alicyclic amines) is 1. The van der Waals surface area contributed by atoms with E-state index in [1.165, 1.54) is 0 Å². The van der Waals surface area contributed by atoms with Crippen molar-refractivity contribution >= 4 is 11.9 Å². The van der Waals surface area contributed by atoms with E-state index in [-0.39, 0.29) is 5.91 Å². The normalized spacial score (nSPS) is 19.1. The molecule has 0 saturated carbocycles. The smallest absolute Gasteiger partial charge is 0.309 e. The number of rotatable bonds is 6. The van der Waals surface area contributed by atoms with E-state index in [9.17, 15) is 14.7 Å². The Morgan fingerprint density at radius 3 is 2.26 bits per heavy atom. The minimum atomic E-state index is -0.655. The summed E-state index contributed by atoms with van der Waals surface area (Å²) < 4.78 is 0. The van der Waals surface area contributed by atoms with E-state index in [2.05, 4.69) is 4.90 Å². The summed E-state index contributed by atoms with van der Waals surface area (Å²) in [4.78, 5) is 26.7. The Bertz CT molecular complexity index is 321. The van der Waals surface area contributed by atoms with Crippen molar-refractivity contribution in [3.8, 4) is 0 Å². The van der Waals surface area contributed by atoms with Crippen molar-refractivity contribution in [3.05, 3.63) is 0 Å². The first-order chi connectivity index (χ1) is 8.91. The van der Waals surface area contributed by atoms with Crippen LogP contribution in [0.2, 0.25) is 0 Å². The van der Waals surface area contributed by atoms with Gasteiger partial charge in [-0.2, -0.15) is 0 Å². The zero-order valence-corrected chi connectivity index (χ0v) is 12.3. The van der Waals surface area contributed by atoms with E-state index < -0.39 is 11.4 Å². The average molecular weight is 270 g/mol. The van der Waals surface area contributed by atoms with Gasteiger partial charge < -0.3 is 14.9 Å². The fraction of sp³-hybridized carbons (Fsp3) is 0.857. The maximum Gasteiger partial charge on any atom is 0.309 e. The summed E-state index contributed by atoms with van der Waals surface area (Å²) in [6, 6.07) is 0. The predicted octanol–water partition coefficient (Wildman–Crippen LogP) is 1.43. The van der Waals surface area contributed by atoms with Crippen molar-refractivity contribution in [1.82, 2.24) is 9.80 Å². The molecule has 19 heavy (non-hydrogen) atoms. The SMILES string of the molecule is CCC1(C(=O)O)CCN(CCCC(=O)N(C)C)CC1. The molecule has 0 unspecified atom stereocenters. The van der Waals surface area contributed by atoms with Gasteiger partial charge in [-0.15, -0.1) is 0 Å². The predicted molar refractivity (Wildman–Crippen MR) is 74.0 cm³/mol. The Morgan fingerprint density at radius 2 is 1.84 bits per heavy atom. The zero-order valence-electron chi connectivity index (χ0n) is 12.3. The second-order valence-electron chi connectivity index (χ2n) is 5.67. The van der Waals surface area contributed by atoms with Crippen LogP contribution in [0, 0.1) is 5.41 Å². The Balaban J connectivity index is 2.31. The molecule has 1 fully saturated rings. The van der Waals surface area contributed by atoms with Gasteiger partial charge in [-0.25, -0.2) is 0 Å². The van der Waals surface area contributed by atoms with Crippen molar-refractivity contribution in [2.75, 3.05) is 33.7 Å². The lowest BCUT2D eigenvalue weighted by molar-refractivity contribution is -0.152. The number of carboxylic acid groups (broad SMARTS) is 1. The van der Waals surface area contributed by atoms with Gasteiger partial charge in [0.1, 0.15) is 0 Å². The first-order valence-corrected chi connectivity index (χ1v) is 7.07. The van der Waals surface area contributed by atoms with Crippen LogP contribution >= 0.6 is 0 Å². The number of hydrogen-bond donors (Lipinski definition) is 1. The van der Waals surface area contributed by atoms with Gasteiger partial charge >= 0.3 is 5.97 Å². The second kappa shape index (κ2) is 6.89. The van der Waals surface area contributed by atoms with Gasteiger partial charge in [-0.05, 0) is 45.3 Å². The number of amides is 1. The van der Waals surface area contributed by atoms with Gasteiger partial charge in [-0.1, -0.05) is 6.92 Å². The van der Waals surface area contributed by atoms with E-state index in [1.54, 1.807) is 19.0 Å². The molecule has 0 spiro atoms. The molecule has 1 saturated heterocycles. The molecule has 5 heteroatoms. The van der Waals surface area contributed by atoms with Crippen LogP contribution < -0.4 is 0 Å². The van der Waals surface area contributed by atoms with Crippen molar-refractivity contribution in [1.29, 1.82) is 0 Å². The number of carbonyl (C=O) groups excluding carboxylic acids is 1. The van der Waals surface area contributed by atoms with Crippen LogP contribution in [0.3, 0.4) is 0 Å². The van der Waals surface area contributed by atoms with E-state index in [4.69, 9.17) is 0 Å². The standard InChI is InChI=1S/C14H26N2O3/c1-4-14(13(18)19)7-10-16(11-8-14)9-5-6-12(17)15(2)3/h4-11H2,1-3H3,(H,18,19). The lowest BCUT2D eigenvalue weighted by Crippen LogP contribution is -2.44. The fourth-order valence-corrected chi connectivity index (χ4v) is 2.60. The van der Waals surface area contributed by atoms with Gasteiger partial charge in [0, 0.05) is 20.5 Å². The lowest BCUT2D eigenvalue weighted by Gasteiger charge is -2.38. The molecule has 1 aliphatic heterocycles. The largest absolute Gasteiger partial charge is 0.481 e. The van der Waals surface area contributed by atoms with Crippen LogP contribution in [0.15, 0.2) is 0 Å². The summed E-state index contributed by atoms with van der Waals surface area (Å²) in [6.07, 6.45) is 3.57. The minimum Gasteiger partial charge on any atom is -0.481 e. The number of carboxylic acids is 1. The highest BCUT2D eigenvalue weighted by Gasteiger charge is 2.39. The highest BCUT2D eigenvalue weighted by atomic mass is 16.4. The molecule has 1 rings (SSSR count). The molecule has 1 N–H and O–H groups in total. The maximum atomic E-state index is 11.5. The molecule has 0 aliphatic carbocycles. The molecule has 0 aromatic heterocycles. The fourth-order valence-electron chi connectivity index (χ4n) is 2.60. The minimum absolute atomic E-state index is 0.158. The van der Waals surface area contributed by atoms with Crippen molar-refractivity contribution in [2.45, 2.75) is 39.0 Å². The Kier molecular flexibility index (Phi) is 5.79. The molecular weight excluding hydrogens is 244 g/mol. The zero-order chi connectivity index (χ0) is 14.5. The molecule has 1 aliphatic rings. The van der Waals surface area contributed by atoms with Crippen molar-refractivity contribution in [3.63, 3.8) is 0 Å². The molecule has 0 atom stereocenters. The highest BCUT2D eigenvalue weighted by Crippen LogP contribution is 2.35. The van der Waals surface area contributed by atoms with Crippen molar-refractivity contribution < 1.29 is 14.7 Å². The number of nitrogens with zero attached hydrogens (tertiary/aromatic N) is 2. The molecule has 0 bridgehead atoms. The first kappa shape index (κ1) is 16.0. The van der Waals surface area contributed by atoms with Gasteiger partial charge in [0.25, 0.3) is 0 Å². The lowest BCUT2D eigenvalue weighted by atomic mass is 9.76. The summed E-state index contributed by atoms with van der Waals surface area (Å²) in [5, 5.41) is 9.32. The molecule has 1 amide bonds. The van der Waals surface area contributed by atoms with Crippen LogP contribution in [0.4, 0.5) is 0 Å². The van der Waals surface area contributed by atoms with Gasteiger partial charge in [0.05, 0.1) is 5.41 Å². The Morgan fingerprint density at radius 1 is 1.26 bits per heavy atom. The van der Waals surface area contributed by atoms with E-state index in [0.717, 1.165) is 38.9 Å². The van der Waals surface area contributed by atoms with Crippen LogP contribution in [0.25, 0.3) is 0 Å². The molecule has 5 nitrogen and oxygen atoms in total. The third kappa shape index (κ3) is 4.20. The number of aliphatic carboxylic acids is 1. The molecule has 0 radical (unpaired) electrons. The summed E-state index contributed by atoms with van der Waals surface area (Å²) in [7, 11) is 3.54. The summed E-state index contributed by atoms with van der Waals surface area (Å²) in [6.45, 7) is 4.51. The van der Waals surface area contributed by atoms with Gasteiger partial charge in [-0.3, -0.25) is 9.59 Å². The number of hydrogen-bond acceptors (Lipinski definition) is 3. The molecular formula is C14H26N2O3. The van der Waals surface area contributed by atoms with Crippen LogP contribution in [-0.2, 0) is 9.59 Å². The third-order valence-electron chi connectivity index (χ3n) is 4.31. The van der Waals surface area contributed by atoms with Gasteiger partial charge in [0.2, 0.25) is 5.91 Å². The summed E-state index contributed by atoms with van der Waals surface area (Å²) in [5.41, 5.74) is -0.518. The molecule has 1 heterocycles. The quantitative estimate of drug-likeness (QED) is 0.793. The topological polar surface area (TPSA) is 60.9 Å². The van der Waals surface area contributed by atoms with Crippen molar-refractivity contribution in [2.24, 2.45) is 5.41 Å². The molecule has 110 valence electrons. The molecule has 0 aromatic rings. The molecule has 0 aromatic carbocycles. The Hall–Kier alpha value is -1.10. The Labute approximate surface area is 115 Å². The number of piperidine rings is 1. The number of carbonyl (C=O) groups is 2. The van der Waals surface area contributed by atoms with Gasteiger partial charge in [0.15, 0.2) is 0 Å². The van der Waals surface area contributed by atoms with Crippen LogP contribution in [0.5, 0.6) is 0 Å². The first-order valence-electron chi connectivity index (χ1n) is 7.07. The summed E-state index contributed by atoms with van der Waals surface area (Å²) >= 11 is 0.